The Morgan fingerprint density at radius 1 is 1.32 bits per heavy atom. The topological polar surface area (TPSA) is 68.1 Å². The zero-order chi connectivity index (χ0) is 15.7. The molecule has 3 rings (SSSR count). The van der Waals surface area contributed by atoms with Crippen LogP contribution in [0.2, 0.25) is 0 Å². The molecule has 0 aromatic heterocycles. The Kier molecular flexibility index (Phi) is 4.54. The van der Waals surface area contributed by atoms with Crippen molar-refractivity contribution in [3.05, 3.63) is 12.2 Å². The van der Waals surface area contributed by atoms with Gasteiger partial charge < -0.3 is 9.64 Å². The van der Waals surface area contributed by atoms with Gasteiger partial charge in [-0.1, -0.05) is 12.2 Å². The third-order valence-corrected chi connectivity index (χ3v) is 5.89. The van der Waals surface area contributed by atoms with Crippen molar-refractivity contribution in [2.75, 3.05) is 32.6 Å². The first-order valence-corrected chi connectivity index (χ1v) is 8.70. The fourth-order valence-corrected chi connectivity index (χ4v) is 4.72. The normalized spacial score (nSPS) is 34.7. The van der Waals surface area contributed by atoms with Gasteiger partial charge in [0.25, 0.3) is 0 Å². The minimum Gasteiger partial charge on any atom is -0.468 e. The highest BCUT2D eigenvalue weighted by atomic mass is 32.2. The summed E-state index contributed by atoms with van der Waals surface area (Å²) in [6.45, 7) is 1.82. The van der Waals surface area contributed by atoms with Crippen LogP contribution in [-0.2, 0) is 19.1 Å². The van der Waals surface area contributed by atoms with Gasteiger partial charge in [0.05, 0.1) is 25.5 Å². The van der Waals surface area contributed by atoms with E-state index in [1.807, 2.05) is 12.2 Å². The summed E-state index contributed by atoms with van der Waals surface area (Å²) in [7, 11) is 1.39. The number of imide groups is 1. The Morgan fingerprint density at radius 2 is 1.95 bits per heavy atom. The Labute approximate surface area is 133 Å². The van der Waals surface area contributed by atoms with E-state index in [-0.39, 0.29) is 34.9 Å². The van der Waals surface area contributed by atoms with Gasteiger partial charge in [0.2, 0.25) is 11.8 Å². The molecule has 1 aliphatic carbocycles. The lowest BCUT2D eigenvalue weighted by Crippen LogP contribution is -3.16. The number of methoxy groups -OCH3 is 1. The first-order valence-electron chi connectivity index (χ1n) is 7.65. The number of ether oxygens (including phenoxy) is 1. The number of quaternary nitrogens is 1. The van der Waals surface area contributed by atoms with Crippen LogP contribution in [0.4, 0.5) is 0 Å². The Bertz CT molecular complexity index is 496. The van der Waals surface area contributed by atoms with Gasteiger partial charge in [-0.25, -0.2) is 4.90 Å². The van der Waals surface area contributed by atoms with Crippen LogP contribution in [0.3, 0.4) is 0 Å². The second-order valence-corrected chi connectivity index (χ2v) is 7.32. The van der Waals surface area contributed by atoms with Crippen LogP contribution in [0, 0.1) is 11.8 Å². The number of carbonyl (C=O) groups excluding carboxylic acids is 3. The smallest absolute Gasteiger partial charge is 0.324 e. The lowest BCUT2D eigenvalue weighted by molar-refractivity contribution is -0.905. The molecular weight excluding hydrogens is 304 g/mol. The van der Waals surface area contributed by atoms with Gasteiger partial charge in [-0.15, -0.1) is 11.8 Å². The zero-order valence-electron chi connectivity index (χ0n) is 12.6. The van der Waals surface area contributed by atoms with Gasteiger partial charge in [0.1, 0.15) is 6.54 Å². The number of hydrogen-bond donors (Lipinski definition) is 1. The van der Waals surface area contributed by atoms with Crippen molar-refractivity contribution < 1.29 is 24.0 Å². The molecule has 0 aromatic carbocycles. The highest BCUT2D eigenvalue weighted by Gasteiger charge is 2.48. The third kappa shape index (κ3) is 2.79. The molecular formula is C15H21N2O4S+. The van der Waals surface area contributed by atoms with Gasteiger partial charge >= 0.3 is 5.97 Å². The number of thioether (sulfide) groups is 1. The fourth-order valence-electron chi connectivity index (χ4n) is 3.44. The number of nitrogens with zero attached hydrogens (tertiary/aromatic N) is 1. The summed E-state index contributed by atoms with van der Waals surface area (Å²) >= 11 is 1.59. The highest BCUT2D eigenvalue weighted by molar-refractivity contribution is 8.00. The summed E-state index contributed by atoms with van der Waals surface area (Å²) < 4.78 is 4.80. The molecule has 7 heteroatoms. The van der Waals surface area contributed by atoms with Gasteiger partial charge in [0, 0.05) is 5.75 Å². The van der Waals surface area contributed by atoms with Crippen LogP contribution in [0.1, 0.15) is 12.8 Å². The highest BCUT2D eigenvalue weighted by Crippen LogP contribution is 2.34. The number of fused-ring (bicyclic) bond motifs is 1. The third-order valence-electron chi connectivity index (χ3n) is 4.69. The van der Waals surface area contributed by atoms with E-state index in [0.717, 1.165) is 17.2 Å². The van der Waals surface area contributed by atoms with Crippen LogP contribution < -0.4 is 4.90 Å². The number of nitrogens with one attached hydrogen (secondary N) is 1. The van der Waals surface area contributed by atoms with E-state index in [1.165, 1.54) is 12.0 Å². The Morgan fingerprint density at radius 3 is 2.55 bits per heavy atom. The van der Waals surface area contributed by atoms with E-state index in [2.05, 4.69) is 0 Å². The molecule has 0 saturated carbocycles. The van der Waals surface area contributed by atoms with Crippen molar-refractivity contribution in [3.63, 3.8) is 0 Å². The number of likely N-dealkylation sites (tertiary alicyclic amines) is 1. The largest absolute Gasteiger partial charge is 0.468 e. The SMILES string of the molecule is COC(=O)[C@@H]1C[NH+](CN2C(=O)[C@H]3CC=CC[C@H]3C2=O)CCS1. The Hall–Kier alpha value is -1.34. The zero-order valence-corrected chi connectivity index (χ0v) is 13.4. The first kappa shape index (κ1) is 15.6. The lowest BCUT2D eigenvalue weighted by Gasteiger charge is -2.30. The molecule has 2 amide bonds. The summed E-state index contributed by atoms with van der Waals surface area (Å²) in [6.07, 6.45) is 5.32. The van der Waals surface area contributed by atoms with Crippen LogP contribution in [-0.4, -0.2) is 60.6 Å². The Balaban J connectivity index is 1.64. The van der Waals surface area contributed by atoms with E-state index < -0.39 is 0 Å². The van der Waals surface area contributed by atoms with E-state index >= 15 is 0 Å². The van der Waals surface area contributed by atoms with Gasteiger partial charge in [-0.05, 0) is 12.8 Å². The maximum Gasteiger partial charge on any atom is 0.324 e. The number of amides is 2. The quantitative estimate of drug-likeness (QED) is 0.412. The summed E-state index contributed by atoms with van der Waals surface area (Å²) in [5.74, 6) is 0.179. The molecule has 120 valence electrons. The van der Waals surface area contributed by atoms with E-state index in [9.17, 15) is 14.4 Å². The average Bonchev–Trinajstić information content (AvgIpc) is 2.80. The van der Waals surface area contributed by atoms with Gasteiger partial charge in [-0.3, -0.25) is 14.4 Å². The maximum absolute atomic E-state index is 12.5. The molecule has 22 heavy (non-hydrogen) atoms. The number of allylic oxidation sites excluding steroid dienone is 2. The first-order chi connectivity index (χ1) is 10.6. The van der Waals surface area contributed by atoms with Crippen molar-refractivity contribution in [1.82, 2.24) is 4.90 Å². The molecule has 0 radical (unpaired) electrons. The maximum atomic E-state index is 12.5. The van der Waals surface area contributed by atoms with Gasteiger partial charge in [0.15, 0.2) is 11.9 Å². The fraction of sp³-hybridized carbons (Fsp3) is 0.667. The number of hydrogen-bond acceptors (Lipinski definition) is 5. The molecule has 1 unspecified atom stereocenters. The molecule has 6 nitrogen and oxygen atoms in total. The molecule has 0 bridgehead atoms. The molecule has 2 aliphatic heterocycles. The molecule has 2 saturated heterocycles. The molecule has 1 N–H and O–H groups in total. The molecule has 3 aliphatic rings. The predicted molar refractivity (Wildman–Crippen MR) is 81.0 cm³/mol. The predicted octanol–water partition coefficient (Wildman–Crippen LogP) is -0.932. The van der Waals surface area contributed by atoms with Crippen LogP contribution in [0.15, 0.2) is 12.2 Å². The van der Waals surface area contributed by atoms with E-state index in [4.69, 9.17) is 4.74 Å². The van der Waals surface area contributed by atoms with Crippen molar-refractivity contribution in [3.8, 4) is 0 Å². The number of carbonyl (C=O) groups is 3. The molecule has 0 spiro atoms. The summed E-state index contributed by atoms with van der Waals surface area (Å²) in [5.41, 5.74) is 0. The second kappa shape index (κ2) is 6.42. The summed E-state index contributed by atoms with van der Waals surface area (Å²) in [5, 5.41) is -0.203. The minimum absolute atomic E-state index is 0.0419. The molecule has 0 aromatic rings. The molecule has 2 fully saturated rings. The molecule has 4 atom stereocenters. The number of esters is 1. The van der Waals surface area contributed by atoms with Gasteiger partial charge in [-0.2, -0.15) is 0 Å². The average molecular weight is 325 g/mol. The monoisotopic (exact) mass is 325 g/mol. The van der Waals surface area contributed by atoms with Crippen LogP contribution >= 0.6 is 11.8 Å². The minimum atomic E-state index is -0.223. The molecule has 2 heterocycles. The van der Waals surface area contributed by atoms with E-state index in [0.29, 0.717) is 26.1 Å². The van der Waals surface area contributed by atoms with Crippen molar-refractivity contribution in [2.24, 2.45) is 11.8 Å². The van der Waals surface area contributed by atoms with E-state index in [1.54, 1.807) is 11.8 Å². The van der Waals surface area contributed by atoms with Crippen molar-refractivity contribution in [2.45, 2.75) is 18.1 Å². The van der Waals surface area contributed by atoms with Crippen LogP contribution in [0.5, 0.6) is 0 Å². The van der Waals surface area contributed by atoms with Crippen molar-refractivity contribution in [1.29, 1.82) is 0 Å². The lowest BCUT2D eigenvalue weighted by atomic mass is 9.85. The van der Waals surface area contributed by atoms with Crippen LogP contribution in [0.25, 0.3) is 0 Å². The summed E-state index contributed by atoms with van der Waals surface area (Å²) in [6, 6.07) is 0. The second-order valence-electron chi connectivity index (χ2n) is 6.01. The number of rotatable bonds is 3. The standard InChI is InChI=1S/C15H20N2O4S/c1-21-15(20)12-8-16(6-7-22-12)9-17-13(18)10-4-2-3-5-11(10)14(17)19/h2-3,10-12H,4-9H2,1H3/p+1/t10-,11+,12-/m0/s1. The van der Waals surface area contributed by atoms with Crippen molar-refractivity contribution >= 4 is 29.5 Å². The summed E-state index contributed by atoms with van der Waals surface area (Å²) in [4.78, 5) is 39.1.